The van der Waals surface area contributed by atoms with Crippen molar-refractivity contribution in [3.8, 4) is 0 Å². The van der Waals surface area contributed by atoms with E-state index in [-0.39, 0.29) is 5.56 Å². The van der Waals surface area contributed by atoms with Crippen molar-refractivity contribution in [1.82, 2.24) is 5.32 Å². The fourth-order valence-corrected chi connectivity index (χ4v) is 1.39. The summed E-state index contributed by atoms with van der Waals surface area (Å²) in [5.74, 6) is -4.47. The molecule has 1 aromatic carbocycles. The minimum atomic E-state index is -3.58. The molecule has 1 amide bonds. The number of primary amides is 1. The molecular formula is C13H18N2O. The van der Waals surface area contributed by atoms with Crippen molar-refractivity contribution in [2.24, 2.45) is 5.73 Å². The minimum Gasteiger partial charge on any atom is -0.369 e. The molecule has 0 aliphatic carbocycles. The Morgan fingerprint density at radius 1 is 1.56 bits per heavy atom. The summed E-state index contributed by atoms with van der Waals surface area (Å²) in [4.78, 5) is 12.2. The number of rotatable bonds is 3. The van der Waals surface area contributed by atoms with Crippen molar-refractivity contribution in [3.05, 3.63) is 35.9 Å². The smallest absolute Gasteiger partial charge is 0.226 e. The zero-order valence-corrected chi connectivity index (χ0v) is 8.37. The summed E-state index contributed by atoms with van der Waals surface area (Å²) in [6.45, 7) is -3.28. The number of carbonyl (C=O) groups is 1. The van der Waals surface area contributed by atoms with Crippen LogP contribution in [0.25, 0.3) is 0 Å². The van der Waals surface area contributed by atoms with Gasteiger partial charge in [0, 0.05) is 19.7 Å². The van der Waals surface area contributed by atoms with Crippen molar-refractivity contribution < 1.29 is 18.5 Å². The summed E-state index contributed by atoms with van der Waals surface area (Å²) in [5, 5.41) is 1.75. The molecule has 0 saturated carbocycles. The second-order valence-electron chi connectivity index (χ2n) is 3.11. The van der Waals surface area contributed by atoms with Crippen LogP contribution in [0, 0.1) is 0 Å². The molecule has 0 radical (unpaired) electrons. The van der Waals surface area contributed by atoms with Crippen LogP contribution < -0.4 is 11.1 Å². The third-order valence-electron chi connectivity index (χ3n) is 2.06. The van der Waals surface area contributed by atoms with E-state index in [0.29, 0.717) is 0 Å². The van der Waals surface area contributed by atoms with E-state index < -0.39 is 43.4 Å². The first-order valence-corrected chi connectivity index (χ1v) is 4.65. The molecule has 16 heavy (non-hydrogen) atoms. The quantitative estimate of drug-likeness (QED) is 0.821. The monoisotopic (exact) mass is 228 g/mol. The average molecular weight is 228 g/mol. The predicted molar refractivity (Wildman–Crippen MR) is 64.0 cm³/mol. The minimum absolute atomic E-state index is 0.257. The van der Waals surface area contributed by atoms with Crippen LogP contribution in [0.2, 0.25) is 0 Å². The van der Waals surface area contributed by atoms with Gasteiger partial charge in [-0.05, 0) is 24.8 Å². The average Bonchev–Trinajstić information content (AvgIpc) is 2.52. The first kappa shape index (κ1) is 4.15. The number of benzene rings is 1. The van der Waals surface area contributed by atoms with Gasteiger partial charge in [-0.2, -0.15) is 0 Å². The van der Waals surface area contributed by atoms with E-state index in [1.807, 2.05) is 0 Å². The lowest BCUT2D eigenvalue weighted by atomic mass is 9.86. The predicted octanol–water partition coefficient (Wildman–Crippen LogP) is 1.40. The van der Waals surface area contributed by atoms with Crippen LogP contribution in [0.5, 0.6) is 0 Å². The highest BCUT2D eigenvalue weighted by molar-refractivity contribution is 5.82. The summed E-state index contributed by atoms with van der Waals surface area (Å²) >= 11 is 0. The van der Waals surface area contributed by atoms with Gasteiger partial charge in [0.05, 0.1) is 5.89 Å². The summed E-state index contributed by atoms with van der Waals surface area (Å²) in [5.41, 5.74) is 5.04. The normalized spacial score (nSPS) is 51.0. The molecule has 3 nitrogen and oxygen atoms in total. The van der Waals surface area contributed by atoms with Crippen molar-refractivity contribution in [2.75, 3.05) is 6.50 Å². The second kappa shape index (κ2) is 5.12. The Morgan fingerprint density at radius 3 is 3.00 bits per heavy atom. The maximum atomic E-state index is 12.2. The Balaban J connectivity index is 2.86. The van der Waals surface area contributed by atoms with Crippen LogP contribution in [0.4, 0.5) is 0 Å². The highest BCUT2D eigenvalue weighted by atomic mass is 16.1. The number of carbonyl (C=O) groups excluding carboxylic acids is 1. The van der Waals surface area contributed by atoms with Gasteiger partial charge in [-0.15, -0.1) is 0 Å². The van der Waals surface area contributed by atoms with Gasteiger partial charge in [0.2, 0.25) is 5.91 Å². The standard InChI is InChI=1S/C13H18N2O/c14-13(16)12(10-6-2-1-3-7-10)11-8-4-5-9-15-11/h1-3,6-7,11-12,15H,4-5,8-9H2,(H2,14,16)/t11-,12-/m0/s1/i4D2,5D2,8D2,9D2,11D,12D. The van der Waals surface area contributed by atoms with E-state index in [2.05, 4.69) is 0 Å². The Kier molecular flexibility index (Phi) is 1.33. The molecular weight excluding hydrogens is 200 g/mol. The molecule has 1 aromatic rings. The topological polar surface area (TPSA) is 55.1 Å². The van der Waals surface area contributed by atoms with Gasteiger partial charge >= 0.3 is 0 Å². The maximum Gasteiger partial charge on any atom is 0.226 e. The van der Waals surface area contributed by atoms with Crippen molar-refractivity contribution in [3.63, 3.8) is 0 Å². The lowest BCUT2D eigenvalue weighted by Crippen LogP contribution is -2.43. The van der Waals surface area contributed by atoms with Crippen molar-refractivity contribution >= 4 is 5.91 Å². The van der Waals surface area contributed by atoms with E-state index in [1.165, 1.54) is 30.3 Å². The molecule has 1 saturated heterocycles. The summed E-state index contributed by atoms with van der Waals surface area (Å²) in [6, 6.07) is 3.45. The van der Waals surface area contributed by atoms with Gasteiger partial charge in [0.25, 0.3) is 0 Å². The van der Waals surface area contributed by atoms with E-state index in [0.717, 1.165) is 0 Å². The summed E-state index contributed by atoms with van der Waals surface area (Å²) in [7, 11) is 0. The van der Waals surface area contributed by atoms with Gasteiger partial charge < -0.3 is 11.1 Å². The Bertz CT molecular complexity index is 725. The van der Waals surface area contributed by atoms with E-state index in [4.69, 9.17) is 19.4 Å². The second-order valence-corrected chi connectivity index (χ2v) is 3.11. The molecule has 1 aliphatic rings. The van der Waals surface area contributed by atoms with Gasteiger partial charge in [-0.25, -0.2) is 0 Å². The fourth-order valence-electron chi connectivity index (χ4n) is 1.39. The number of hydrogen-bond donors (Lipinski definition) is 2. The third kappa shape index (κ3) is 2.42. The number of piperidine rings is 1. The lowest BCUT2D eigenvalue weighted by molar-refractivity contribution is -0.120. The molecule has 0 bridgehead atoms. The van der Waals surface area contributed by atoms with Crippen LogP contribution in [-0.2, 0) is 4.79 Å². The number of nitrogens with two attached hydrogens (primary N) is 1. The van der Waals surface area contributed by atoms with Gasteiger partial charge in [0.15, 0.2) is 0 Å². The lowest BCUT2D eigenvalue weighted by Gasteiger charge is -2.29. The van der Waals surface area contributed by atoms with Crippen LogP contribution in [0.1, 0.15) is 44.3 Å². The molecule has 0 unspecified atom stereocenters. The molecule has 2 atom stereocenters. The molecule has 2 rings (SSSR count). The van der Waals surface area contributed by atoms with Gasteiger partial charge in [0.1, 0.15) is 0 Å². The van der Waals surface area contributed by atoms with Crippen LogP contribution in [-0.4, -0.2) is 18.4 Å². The highest BCUT2D eigenvalue weighted by Gasteiger charge is 2.28. The SMILES string of the molecule is [2H]C1([2H])N[C@]([2H])([C@@]([2H])(C(N)=O)c2ccccc2)C([2H])([2H])C([2H])([2H])C1([2H])[2H]. The molecule has 3 N–H and O–H groups in total. The molecule has 0 spiro atoms. The van der Waals surface area contributed by atoms with Crippen LogP contribution in [0.3, 0.4) is 0 Å². The van der Waals surface area contributed by atoms with Crippen molar-refractivity contribution in [2.45, 2.75) is 31.0 Å². The van der Waals surface area contributed by atoms with Crippen LogP contribution in [0.15, 0.2) is 30.3 Å². The zero-order valence-electron chi connectivity index (χ0n) is 18.4. The first-order chi connectivity index (χ1) is 11.5. The van der Waals surface area contributed by atoms with E-state index >= 15 is 0 Å². The summed E-state index contributed by atoms with van der Waals surface area (Å²) < 4.78 is 80.2. The van der Waals surface area contributed by atoms with Crippen molar-refractivity contribution in [1.29, 1.82) is 0 Å². The summed E-state index contributed by atoms with van der Waals surface area (Å²) in [6.07, 6.45) is -10.5. The number of hydrogen-bond acceptors (Lipinski definition) is 2. The van der Waals surface area contributed by atoms with Gasteiger partial charge in [-0.1, -0.05) is 36.7 Å². The molecule has 0 aromatic heterocycles. The van der Waals surface area contributed by atoms with Crippen LogP contribution >= 0.6 is 0 Å². The molecule has 1 fully saturated rings. The maximum absolute atomic E-state index is 12.2. The number of amides is 1. The van der Waals surface area contributed by atoms with Gasteiger partial charge in [-0.3, -0.25) is 4.79 Å². The van der Waals surface area contributed by atoms with E-state index in [9.17, 15) is 4.79 Å². The Labute approximate surface area is 110 Å². The third-order valence-corrected chi connectivity index (χ3v) is 2.06. The Morgan fingerprint density at radius 2 is 2.31 bits per heavy atom. The highest BCUT2D eigenvalue weighted by Crippen LogP contribution is 2.24. The fraction of sp³-hybridized carbons (Fsp3) is 0.462. The van der Waals surface area contributed by atoms with E-state index in [1.54, 1.807) is 5.32 Å². The first-order valence-electron chi connectivity index (χ1n) is 9.65. The molecule has 1 aliphatic heterocycles. The molecule has 86 valence electrons. The molecule has 3 heteroatoms. The molecule has 1 heterocycles. The zero-order chi connectivity index (χ0) is 20.4. The number of nitrogens with one attached hydrogen (secondary N) is 1. The largest absolute Gasteiger partial charge is 0.369 e. The Hall–Kier alpha value is -1.35.